The molecule has 0 bridgehead atoms. The molecule has 56 heavy (non-hydrogen) atoms. The zero-order chi connectivity index (χ0) is 40.3. The molecule has 15 atom stereocenters. The number of hydrogen-bond donors (Lipinski definition) is 9. The second-order valence-corrected chi connectivity index (χ2v) is 16.7. The van der Waals surface area contributed by atoms with Crippen LogP contribution in [0.4, 0.5) is 5.69 Å². The van der Waals surface area contributed by atoms with Crippen LogP contribution in [-0.2, 0) is 38.0 Å². The predicted octanol–water partition coefficient (Wildman–Crippen LogP) is -2.00. The molecule has 2 heterocycles. The highest BCUT2D eigenvalue weighted by Gasteiger charge is 2.98. The molecular formula is C37H51NO17S. The summed E-state index contributed by atoms with van der Waals surface area (Å²) in [6.07, 6.45) is -6.87. The molecule has 6 aliphatic rings. The monoisotopic (exact) mass is 813 g/mol. The summed E-state index contributed by atoms with van der Waals surface area (Å²) in [5.74, 6) is -3.59. The summed E-state index contributed by atoms with van der Waals surface area (Å²) in [6, 6.07) is 6.36. The van der Waals surface area contributed by atoms with Crippen LogP contribution in [0.25, 0.3) is 0 Å². The third-order valence-electron chi connectivity index (χ3n) is 12.6. The van der Waals surface area contributed by atoms with Gasteiger partial charge >= 0.3 is 5.97 Å². The van der Waals surface area contributed by atoms with Gasteiger partial charge < -0.3 is 79.3 Å². The summed E-state index contributed by atoms with van der Waals surface area (Å²) in [4.78, 5) is 23.5. The fraction of sp³-hybridized carbons (Fsp3) is 0.730. The van der Waals surface area contributed by atoms with E-state index in [1.54, 1.807) is 36.0 Å². The van der Waals surface area contributed by atoms with E-state index in [2.05, 4.69) is 11.9 Å². The van der Waals surface area contributed by atoms with Gasteiger partial charge in [-0.25, -0.2) is 4.79 Å². The molecule has 4 aliphatic carbocycles. The Balaban J connectivity index is 0.788. The number of amides is 1. The molecule has 9 unspecified atom stereocenters. The van der Waals surface area contributed by atoms with E-state index < -0.39 is 102 Å². The second-order valence-electron chi connectivity index (χ2n) is 15.4. The lowest BCUT2D eigenvalue weighted by Crippen LogP contribution is -3.03. The Labute approximate surface area is 326 Å². The minimum absolute atomic E-state index is 0.0628. The maximum absolute atomic E-state index is 12.5. The van der Waals surface area contributed by atoms with Crippen molar-refractivity contribution >= 4 is 29.3 Å². The Morgan fingerprint density at radius 2 is 1.64 bits per heavy atom. The minimum Gasteiger partial charge on any atom is -0.462 e. The first-order valence-corrected chi connectivity index (χ1v) is 19.9. The maximum Gasteiger partial charge on any atom is 0.330 e. The largest absolute Gasteiger partial charge is 0.462 e. The van der Waals surface area contributed by atoms with E-state index in [-0.39, 0.29) is 24.4 Å². The van der Waals surface area contributed by atoms with Crippen LogP contribution in [0, 0.1) is 22.7 Å². The number of hydrogen-bond acceptors (Lipinski definition) is 18. The molecule has 7 rings (SSSR count). The molecule has 6 fully saturated rings. The Morgan fingerprint density at radius 3 is 2.34 bits per heavy atom. The molecule has 19 heteroatoms. The van der Waals surface area contributed by atoms with Crippen LogP contribution in [-0.4, -0.2) is 170 Å². The Morgan fingerprint density at radius 1 is 0.929 bits per heavy atom. The molecule has 0 radical (unpaired) electrons. The highest BCUT2D eigenvalue weighted by molar-refractivity contribution is 7.99. The number of benzene rings is 1. The topological polar surface area (TPSA) is 273 Å². The predicted molar refractivity (Wildman–Crippen MR) is 192 cm³/mol. The third-order valence-corrected chi connectivity index (χ3v) is 13.7. The highest BCUT2D eigenvalue weighted by atomic mass is 32.2. The fourth-order valence-corrected chi connectivity index (χ4v) is 10.5. The van der Waals surface area contributed by atoms with Crippen molar-refractivity contribution in [1.82, 2.24) is 0 Å². The third kappa shape index (κ3) is 5.96. The van der Waals surface area contributed by atoms with Gasteiger partial charge in [-0.3, -0.25) is 4.79 Å². The number of fused-ring (bicyclic) bond motifs is 8. The van der Waals surface area contributed by atoms with Crippen molar-refractivity contribution in [2.45, 2.75) is 92.4 Å². The van der Waals surface area contributed by atoms with Crippen LogP contribution in [0.1, 0.15) is 26.2 Å². The molecule has 1 amide bonds. The highest BCUT2D eigenvalue weighted by Crippen LogP contribution is 2.79. The molecule has 1 aromatic rings. The number of carbonyl (C=O) groups is 2. The van der Waals surface area contributed by atoms with E-state index in [1.165, 1.54) is 0 Å². The first-order chi connectivity index (χ1) is 26.7. The Hall–Kier alpha value is -2.47. The first-order valence-electron chi connectivity index (χ1n) is 18.8. The smallest absolute Gasteiger partial charge is 0.330 e. The van der Waals surface area contributed by atoms with Gasteiger partial charge in [-0.2, -0.15) is 11.8 Å². The zero-order valence-electron chi connectivity index (χ0n) is 30.8. The molecule has 4 saturated carbocycles. The van der Waals surface area contributed by atoms with Crippen molar-refractivity contribution in [1.29, 1.82) is 0 Å². The van der Waals surface area contributed by atoms with Crippen LogP contribution < -0.4 is 10.1 Å². The van der Waals surface area contributed by atoms with E-state index in [9.17, 15) is 50.4 Å². The number of nitrogens with one attached hydrogen (secondary N) is 1. The van der Waals surface area contributed by atoms with Gasteiger partial charge in [0.15, 0.2) is 11.9 Å². The Bertz CT molecular complexity index is 1620. The van der Waals surface area contributed by atoms with Crippen molar-refractivity contribution < 1.29 is 83.6 Å². The van der Waals surface area contributed by atoms with Gasteiger partial charge in [0, 0.05) is 48.8 Å². The summed E-state index contributed by atoms with van der Waals surface area (Å²) in [5, 5.41) is 89.0. The molecule has 312 valence electrons. The average Bonchev–Trinajstić information content (AvgIpc) is 3.19. The molecule has 2 saturated heterocycles. The number of anilines is 1. The summed E-state index contributed by atoms with van der Waals surface area (Å²) in [7, 11) is 0. The maximum atomic E-state index is 12.5. The SMILES string of the molecule is C=CC(=O)OCCC(C)OCCOCCCSCCC(=O)Nc1ccc(O[C@@H]2OC3C2(O)[C@H]2[C@H](O)[C@](O)(O[C@@H]4OC5C4(O)C4C(O)[C@@H](O)C54CO)C32CO)cc1. The number of esters is 1. The minimum atomic E-state index is -2.53. The van der Waals surface area contributed by atoms with Crippen molar-refractivity contribution in [3.63, 3.8) is 0 Å². The second kappa shape index (κ2) is 15.6. The van der Waals surface area contributed by atoms with Gasteiger partial charge in [-0.1, -0.05) is 6.58 Å². The lowest BCUT2D eigenvalue weighted by molar-refractivity contribution is -0.619. The van der Waals surface area contributed by atoms with Crippen LogP contribution in [0.5, 0.6) is 5.75 Å². The van der Waals surface area contributed by atoms with Crippen molar-refractivity contribution in [3.05, 3.63) is 36.9 Å². The van der Waals surface area contributed by atoms with Crippen LogP contribution in [0.2, 0.25) is 0 Å². The molecule has 0 spiro atoms. The van der Waals surface area contributed by atoms with Crippen molar-refractivity contribution in [2.24, 2.45) is 22.7 Å². The number of thioether (sulfide) groups is 1. The summed E-state index contributed by atoms with van der Waals surface area (Å²) >= 11 is 1.64. The fourth-order valence-electron chi connectivity index (χ4n) is 9.66. The first kappa shape index (κ1) is 41.7. The van der Waals surface area contributed by atoms with Gasteiger partial charge in [-0.05, 0) is 43.4 Å². The van der Waals surface area contributed by atoms with Gasteiger partial charge in [0.2, 0.25) is 18.0 Å². The number of carbonyl (C=O) groups excluding carboxylic acids is 2. The van der Waals surface area contributed by atoms with Gasteiger partial charge in [0.25, 0.3) is 0 Å². The van der Waals surface area contributed by atoms with E-state index in [0.29, 0.717) is 44.1 Å². The number of aliphatic hydroxyl groups excluding tert-OH is 5. The lowest BCUT2D eigenvalue weighted by atomic mass is 9.32. The van der Waals surface area contributed by atoms with Gasteiger partial charge in [0.05, 0.1) is 62.2 Å². The Kier molecular flexibility index (Phi) is 11.6. The quantitative estimate of drug-likeness (QED) is 0.0265. The van der Waals surface area contributed by atoms with Crippen molar-refractivity contribution in [3.8, 4) is 5.75 Å². The van der Waals surface area contributed by atoms with E-state index >= 15 is 0 Å². The van der Waals surface area contributed by atoms with Crippen LogP contribution >= 0.6 is 11.8 Å². The molecule has 0 aromatic heterocycles. The van der Waals surface area contributed by atoms with Gasteiger partial charge in [-0.15, -0.1) is 0 Å². The lowest BCUT2D eigenvalue weighted by Gasteiger charge is -2.84. The molecule has 2 aliphatic heterocycles. The number of ether oxygens (including phenoxy) is 7. The van der Waals surface area contributed by atoms with Gasteiger partial charge in [0.1, 0.15) is 29.7 Å². The molecule has 9 N–H and O–H groups in total. The van der Waals surface area contributed by atoms with E-state index in [0.717, 1.165) is 18.2 Å². The zero-order valence-corrected chi connectivity index (χ0v) is 31.6. The molecular weight excluding hydrogens is 762 g/mol. The van der Waals surface area contributed by atoms with Crippen LogP contribution in [0.3, 0.4) is 0 Å². The standard InChI is InChI=1S/C37H51NO17S/c1-3-23(42)51-12-9-19(2)50-14-13-49-11-4-15-56-16-10-22(41)38-20-5-7-21(8-6-20)52-31-36(47)26-28(45)37(48,34(26,18-40)30(36)54-31)55-32-35(46)25-24(43)27(44)33(25,17-39)29(35)53-32/h3,5-8,19,24-32,39-40,43-48H,1,4,9-18H2,2H3,(H,38,41)/t19?,24?,25?,26-,27+,28-,29?,30?,31+,32-,33?,34?,35?,36?,37-/m0/s1. The van der Waals surface area contributed by atoms with Crippen LogP contribution in [0.15, 0.2) is 36.9 Å². The molecule has 18 nitrogen and oxygen atoms in total. The van der Waals surface area contributed by atoms with E-state index in [4.69, 9.17) is 33.2 Å². The number of rotatable bonds is 22. The van der Waals surface area contributed by atoms with E-state index in [1.807, 2.05) is 6.92 Å². The molecule has 1 aromatic carbocycles. The average molecular weight is 814 g/mol. The summed E-state index contributed by atoms with van der Waals surface area (Å²) in [5.41, 5.74) is -6.16. The normalized spacial score (nSPS) is 42.6. The summed E-state index contributed by atoms with van der Waals surface area (Å²) < 4.78 is 39.0. The summed E-state index contributed by atoms with van der Waals surface area (Å²) in [6.45, 7) is 5.63. The van der Waals surface area contributed by atoms with Crippen molar-refractivity contribution in [2.75, 3.05) is 56.5 Å². The number of aliphatic hydroxyl groups is 8.